The van der Waals surface area contributed by atoms with Gasteiger partial charge in [0, 0.05) is 0 Å². The summed E-state index contributed by atoms with van der Waals surface area (Å²) >= 11 is 0. The minimum atomic E-state index is 0.0983. The Balaban J connectivity index is 1.83. The highest BCUT2D eigenvalue weighted by molar-refractivity contribution is 4.79. The first-order valence-electron chi connectivity index (χ1n) is 3.18. The summed E-state index contributed by atoms with van der Waals surface area (Å²) in [5.41, 5.74) is 0. The minimum absolute atomic E-state index is 0.0983. The van der Waals surface area contributed by atoms with Crippen molar-refractivity contribution in [1.82, 2.24) is 0 Å². The molecule has 0 aliphatic carbocycles. The zero-order valence-corrected chi connectivity index (χ0v) is 5.54. The third kappa shape index (κ3) is 2.30. The second kappa shape index (κ2) is 3.15. The van der Waals surface area contributed by atoms with Crippen LogP contribution in [0.15, 0.2) is 0 Å². The van der Waals surface area contributed by atoms with E-state index in [0.29, 0.717) is 19.3 Å². The highest BCUT2D eigenvalue weighted by Gasteiger charge is 2.33. The lowest BCUT2D eigenvalue weighted by molar-refractivity contribution is 0.0810. The van der Waals surface area contributed by atoms with Crippen LogP contribution in [-0.4, -0.2) is 37.1 Å². The van der Waals surface area contributed by atoms with Gasteiger partial charge in [-0.1, -0.05) is 0 Å². The van der Waals surface area contributed by atoms with Crippen molar-refractivity contribution in [3.05, 3.63) is 0 Å². The molecule has 3 nitrogen and oxygen atoms in total. The maximum atomic E-state index is 8.30. The van der Waals surface area contributed by atoms with Crippen LogP contribution >= 0.6 is 0 Å². The van der Waals surface area contributed by atoms with E-state index >= 15 is 0 Å². The van der Waals surface area contributed by atoms with Gasteiger partial charge in [-0.05, 0) is 6.92 Å². The summed E-state index contributed by atoms with van der Waals surface area (Å²) in [7, 11) is 0. The predicted octanol–water partition coefficient (Wildman–Crippen LogP) is -0.217. The van der Waals surface area contributed by atoms with Gasteiger partial charge in [0.2, 0.25) is 0 Å². The average molecular weight is 132 g/mol. The molecule has 1 aliphatic heterocycles. The Morgan fingerprint density at radius 1 is 1.67 bits per heavy atom. The molecule has 0 saturated carbocycles. The summed E-state index contributed by atoms with van der Waals surface area (Å²) in [5.74, 6) is 0. The minimum Gasteiger partial charge on any atom is -0.394 e. The molecule has 0 aromatic carbocycles. The molecule has 1 fully saturated rings. The Kier molecular flexibility index (Phi) is 2.45. The molecule has 1 saturated heterocycles. The van der Waals surface area contributed by atoms with E-state index in [1.165, 1.54) is 0 Å². The summed E-state index contributed by atoms with van der Waals surface area (Å²) in [5, 5.41) is 8.30. The summed E-state index contributed by atoms with van der Waals surface area (Å²) in [6.07, 6.45) is 0.653. The van der Waals surface area contributed by atoms with Gasteiger partial charge in [-0.2, -0.15) is 0 Å². The lowest BCUT2D eigenvalue weighted by atomic mass is 10.4. The summed E-state index contributed by atoms with van der Waals surface area (Å²) < 4.78 is 10.1. The highest BCUT2D eigenvalue weighted by atomic mass is 16.6. The van der Waals surface area contributed by atoms with Gasteiger partial charge in [0.25, 0.3) is 0 Å². The molecule has 0 bridgehead atoms. The molecule has 1 heterocycles. The van der Waals surface area contributed by atoms with Gasteiger partial charge >= 0.3 is 0 Å². The number of rotatable bonds is 4. The molecule has 1 rings (SSSR count). The van der Waals surface area contributed by atoms with Crippen molar-refractivity contribution in [1.29, 1.82) is 0 Å². The Hall–Kier alpha value is -0.120. The van der Waals surface area contributed by atoms with Crippen LogP contribution in [0.1, 0.15) is 6.92 Å². The van der Waals surface area contributed by atoms with E-state index < -0.39 is 0 Å². The smallest absolute Gasteiger partial charge is 0.107 e. The van der Waals surface area contributed by atoms with Crippen LogP contribution in [0.4, 0.5) is 0 Å². The normalized spacial score (nSPS) is 32.7. The zero-order chi connectivity index (χ0) is 6.69. The van der Waals surface area contributed by atoms with Gasteiger partial charge in [0.15, 0.2) is 0 Å². The quantitative estimate of drug-likeness (QED) is 0.425. The van der Waals surface area contributed by atoms with Crippen molar-refractivity contribution in [2.24, 2.45) is 0 Å². The van der Waals surface area contributed by atoms with Crippen molar-refractivity contribution in [3.8, 4) is 0 Å². The lowest BCUT2D eigenvalue weighted by Crippen LogP contribution is -2.06. The van der Waals surface area contributed by atoms with Gasteiger partial charge in [0.1, 0.15) is 6.10 Å². The van der Waals surface area contributed by atoms with Crippen molar-refractivity contribution in [2.45, 2.75) is 19.1 Å². The van der Waals surface area contributed by atoms with Crippen LogP contribution in [0.2, 0.25) is 0 Å². The third-order valence-corrected chi connectivity index (χ3v) is 1.35. The molecule has 2 unspecified atom stereocenters. The largest absolute Gasteiger partial charge is 0.394 e. The first-order chi connectivity index (χ1) is 4.34. The highest BCUT2D eigenvalue weighted by Crippen LogP contribution is 2.20. The van der Waals surface area contributed by atoms with Crippen molar-refractivity contribution >= 4 is 0 Å². The molecule has 3 heteroatoms. The van der Waals surface area contributed by atoms with E-state index in [-0.39, 0.29) is 12.7 Å². The molecule has 0 spiro atoms. The Bertz CT molecular complexity index is 84.4. The maximum Gasteiger partial charge on any atom is 0.107 e. The standard InChI is InChI=1S/C6H12O3/c1-5-6(9-5)4-8-3-2-7/h5-7H,2-4H2,1H3. The van der Waals surface area contributed by atoms with Gasteiger partial charge in [-0.15, -0.1) is 0 Å². The van der Waals surface area contributed by atoms with E-state index in [2.05, 4.69) is 0 Å². The summed E-state index contributed by atoms with van der Waals surface area (Å²) in [6, 6.07) is 0. The molecule has 0 aromatic rings. The fourth-order valence-corrected chi connectivity index (χ4v) is 0.669. The van der Waals surface area contributed by atoms with Crippen molar-refractivity contribution < 1.29 is 14.6 Å². The number of epoxide rings is 1. The molecule has 2 atom stereocenters. The Morgan fingerprint density at radius 3 is 2.78 bits per heavy atom. The first-order valence-corrected chi connectivity index (χ1v) is 3.18. The summed E-state index contributed by atoms with van der Waals surface area (Å²) in [6.45, 7) is 3.16. The summed E-state index contributed by atoms with van der Waals surface area (Å²) in [4.78, 5) is 0. The van der Waals surface area contributed by atoms with Gasteiger partial charge < -0.3 is 14.6 Å². The van der Waals surface area contributed by atoms with Crippen LogP contribution < -0.4 is 0 Å². The second-order valence-electron chi connectivity index (χ2n) is 2.18. The fourth-order valence-electron chi connectivity index (χ4n) is 0.669. The molecule has 1 N–H and O–H groups in total. The average Bonchev–Trinajstić information content (AvgIpc) is 2.48. The third-order valence-electron chi connectivity index (χ3n) is 1.35. The molecule has 54 valence electrons. The van der Waals surface area contributed by atoms with Crippen LogP contribution in [0.3, 0.4) is 0 Å². The fraction of sp³-hybridized carbons (Fsp3) is 1.00. The molecule has 0 amide bonds. The van der Waals surface area contributed by atoms with E-state index in [1.807, 2.05) is 6.92 Å². The first kappa shape index (κ1) is 6.99. The molecule has 1 aliphatic rings. The zero-order valence-electron chi connectivity index (χ0n) is 5.54. The SMILES string of the molecule is CC1OC1COCCO. The van der Waals surface area contributed by atoms with Crippen LogP contribution in [0, 0.1) is 0 Å². The Labute approximate surface area is 54.6 Å². The van der Waals surface area contributed by atoms with Gasteiger partial charge in [-0.25, -0.2) is 0 Å². The van der Waals surface area contributed by atoms with Crippen LogP contribution in [0.25, 0.3) is 0 Å². The van der Waals surface area contributed by atoms with Gasteiger partial charge in [-0.3, -0.25) is 0 Å². The number of aliphatic hydroxyl groups excluding tert-OH is 1. The number of aliphatic hydroxyl groups is 1. The van der Waals surface area contributed by atoms with Crippen LogP contribution in [-0.2, 0) is 9.47 Å². The lowest BCUT2D eigenvalue weighted by Gasteiger charge is -1.95. The number of hydrogen-bond donors (Lipinski definition) is 1. The monoisotopic (exact) mass is 132 g/mol. The Morgan fingerprint density at radius 2 is 2.33 bits per heavy atom. The van der Waals surface area contributed by atoms with Crippen molar-refractivity contribution in [3.63, 3.8) is 0 Å². The molecular formula is C6H12O3. The van der Waals surface area contributed by atoms with E-state index in [4.69, 9.17) is 14.6 Å². The van der Waals surface area contributed by atoms with Gasteiger partial charge in [0.05, 0.1) is 25.9 Å². The molecule has 0 aromatic heterocycles. The number of hydrogen-bond acceptors (Lipinski definition) is 3. The topological polar surface area (TPSA) is 42.0 Å². The van der Waals surface area contributed by atoms with Crippen molar-refractivity contribution in [2.75, 3.05) is 19.8 Å². The molecule has 0 radical (unpaired) electrons. The predicted molar refractivity (Wildman–Crippen MR) is 32.2 cm³/mol. The second-order valence-corrected chi connectivity index (χ2v) is 2.18. The van der Waals surface area contributed by atoms with E-state index in [1.54, 1.807) is 0 Å². The molecular weight excluding hydrogens is 120 g/mol. The van der Waals surface area contributed by atoms with E-state index in [0.717, 1.165) is 0 Å². The number of ether oxygens (including phenoxy) is 2. The van der Waals surface area contributed by atoms with Crippen LogP contribution in [0.5, 0.6) is 0 Å². The maximum absolute atomic E-state index is 8.30. The van der Waals surface area contributed by atoms with E-state index in [9.17, 15) is 0 Å². The molecule has 9 heavy (non-hydrogen) atoms.